The van der Waals surface area contributed by atoms with Crippen LogP contribution < -0.4 is 0 Å². The molecule has 5 aromatic carbocycles. The van der Waals surface area contributed by atoms with Gasteiger partial charge >= 0.3 is 0 Å². The van der Waals surface area contributed by atoms with Crippen molar-refractivity contribution in [1.29, 1.82) is 0 Å². The second-order valence-corrected chi connectivity index (χ2v) is 8.83. The molecule has 0 N–H and O–H groups in total. The number of hydrogen-bond acceptors (Lipinski definition) is 1. The molecule has 0 unspecified atom stereocenters. The first-order valence-electron chi connectivity index (χ1n) is 11.3. The fraction of sp³-hybridized carbons (Fsp3) is 0. The summed E-state index contributed by atoms with van der Waals surface area (Å²) in [5, 5.41) is 8.85. The molecule has 0 bridgehead atoms. The van der Waals surface area contributed by atoms with Crippen LogP contribution in [0.1, 0.15) is 0 Å². The predicted octanol–water partition coefficient (Wildman–Crippen LogP) is 8.21. The number of pyridine rings is 1. The van der Waals surface area contributed by atoms with Gasteiger partial charge in [0.15, 0.2) is 0 Å². The van der Waals surface area contributed by atoms with E-state index in [2.05, 4.69) is 101 Å². The molecule has 2 heteroatoms. The standard InChI is InChI=1S/C31H18N2/c1-2-12-27-23(8-1)24-10-4-11-25-26-18-21(15-16-28(26)33(27)31(24)25)22-9-3-6-19-13-14-20-7-5-17-32-30(20)29(19)22/h1-18H. The molecule has 0 saturated heterocycles. The number of para-hydroxylation sites is 2. The topological polar surface area (TPSA) is 17.3 Å². The number of benzene rings is 5. The van der Waals surface area contributed by atoms with Gasteiger partial charge in [0.2, 0.25) is 0 Å². The van der Waals surface area contributed by atoms with Gasteiger partial charge in [-0.15, -0.1) is 0 Å². The van der Waals surface area contributed by atoms with E-state index >= 15 is 0 Å². The van der Waals surface area contributed by atoms with Gasteiger partial charge in [0.1, 0.15) is 0 Å². The summed E-state index contributed by atoms with van der Waals surface area (Å²) in [5.74, 6) is 0. The molecular weight excluding hydrogens is 400 g/mol. The minimum atomic E-state index is 1.06. The normalized spacial score (nSPS) is 12.2. The van der Waals surface area contributed by atoms with Gasteiger partial charge in [0, 0.05) is 38.5 Å². The molecule has 0 spiro atoms. The van der Waals surface area contributed by atoms with Crippen LogP contribution in [0.3, 0.4) is 0 Å². The maximum Gasteiger partial charge on any atom is 0.0786 e. The van der Waals surface area contributed by atoms with E-state index in [1.807, 2.05) is 12.3 Å². The van der Waals surface area contributed by atoms with Crippen molar-refractivity contribution in [2.45, 2.75) is 0 Å². The van der Waals surface area contributed by atoms with Crippen molar-refractivity contribution in [2.24, 2.45) is 0 Å². The monoisotopic (exact) mass is 418 g/mol. The van der Waals surface area contributed by atoms with Gasteiger partial charge in [0.25, 0.3) is 0 Å². The Morgan fingerprint density at radius 2 is 1.30 bits per heavy atom. The SMILES string of the molecule is c1cnc2c(c1)ccc1cccc(-c3ccc4c(c3)c3cccc5c6ccccc6n4c53)c12. The van der Waals surface area contributed by atoms with E-state index in [9.17, 15) is 0 Å². The first-order valence-corrected chi connectivity index (χ1v) is 11.3. The molecule has 0 fully saturated rings. The zero-order chi connectivity index (χ0) is 21.5. The molecule has 152 valence electrons. The summed E-state index contributed by atoms with van der Waals surface area (Å²) < 4.78 is 2.43. The summed E-state index contributed by atoms with van der Waals surface area (Å²) in [6.07, 6.45) is 1.89. The van der Waals surface area contributed by atoms with Crippen LogP contribution in [0.15, 0.2) is 109 Å². The molecule has 33 heavy (non-hydrogen) atoms. The summed E-state index contributed by atoms with van der Waals surface area (Å²) in [6.45, 7) is 0. The van der Waals surface area contributed by atoms with Gasteiger partial charge < -0.3 is 4.40 Å². The van der Waals surface area contributed by atoms with Crippen LogP contribution >= 0.6 is 0 Å². The third kappa shape index (κ3) is 2.15. The number of aromatic nitrogens is 2. The van der Waals surface area contributed by atoms with Crippen LogP contribution in [0.25, 0.3) is 70.9 Å². The summed E-state index contributed by atoms with van der Waals surface area (Å²) >= 11 is 0. The highest BCUT2D eigenvalue weighted by atomic mass is 14.9. The van der Waals surface area contributed by atoms with Crippen LogP contribution in [0.5, 0.6) is 0 Å². The molecule has 2 nitrogen and oxygen atoms in total. The van der Waals surface area contributed by atoms with Gasteiger partial charge in [-0.2, -0.15) is 0 Å². The van der Waals surface area contributed by atoms with Gasteiger partial charge in [-0.25, -0.2) is 0 Å². The van der Waals surface area contributed by atoms with Gasteiger partial charge in [-0.05, 0) is 40.8 Å². The van der Waals surface area contributed by atoms with Crippen molar-refractivity contribution < 1.29 is 0 Å². The summed E-state index contributed by atoms with van der Waals surface area (Å²) in [5.41, 5.74) is 7.36. The second-order valence-electron chi connectivity index (χ2n) is 8.83. The van der Waals surface area contributed by atoms with E-state index in [4.69, 9.17) is 4.98 Å². The Morgan fingerprint density at radius 1 is 0.545 bits per heavy atom. The number of nitrogens with zero attached hydrogens (tertiary/aromatic N) is 2. The predicted molar refractivity (Wildman–Crippen MR) is 139 cm³/mol. The summed E-state index contributed by atoms with van der Waals surface area (Å²) in [7, 11) is 0. The van der Waals surface area contributed by atoms with E-state index in [-0.39, 0.29) is 0 Å². The first-order chi connectivity index (χ1) is 16.4. The Morgan fingerprint density at radius 3 is 2.27 bits per heavy atom. The first kappa shape index (κ1) is 17.2. The van der Waals surface area contributed by atoms with Crippen molar-refractivity contribution in [2.75, 3.05) is 0 Å². The average molecular weight is 418 g/mol. The summed E-state index contributed by atoms with van der Waals surface area (Å²) in [4.78, 5) is 4.75. The molecule has 0 atom stereocenters. The lowest BCUT2D eigenvalue weighted by molar-refractivity contribution is 1.37. The van der Waals surface area contributed by atoms with Crippen LogP contribution in [0, 0.1) is 0 Å². The molecular formula is C31H18N2. The zero-order valence-corrected chi connectivity index (χ0v) is 17.8. The van der Waals surface area contributed by atoms with Crippen LogP contribution in [-0.4, -0.2) is 9.38 Å². The Labute approximate surface area is 189 Å². The number of rotatable bonds is 1. The quantitative estimate of drug-likeness (QED) is 0.246. The molecule has 3 heterocycles. The Bertz CT molecular complexity index is 2030. The van der Waals surface area contributed by atoms with Crippen molar-refractivity contribution in [3.63, 3.8) is 0 Å². The largest absolute Gasteiger partial charge is 0.308 e. The van der Waals surface area contributed by atoms with E-state index in [1.54, 1.807) is 0 Å². The molecule has 0 amide bonds. The number of fused-ring (bicyclic) bond motifs is 9. The minimum Gasteiger partial charge on any atom is -0.308 e. The lowest BCUT2D eigenvalue weighted by Gasteiger charge is -2.10. The molecule has 8 aromatic rings. The van der Waals surface area contributed by atoms with E-state index in [0.717, 1.165) is 5.52 Å². The van der Waals surface area contributed by atoms with E-state index in [0.29, 0.717) is 0 Å². The van der Waals surface area contributed by atoms with E-state index in [1.165, 1.54) is 65.4 Å². The number of hydrogen-bond donors (Lipinski definition) is 0. The molecule has 0 aliphatic carbocycles. The maximum atomic E-state index is 4.75. The van der Waals surface area contributed by atoms with Gasteiger partial charge in [-0.1, -0.05) is 78.9 Å². The van der Waals surface area contributed by atoms with Crippen LogP contribution in [0.4, 0.5) is 0 Å². The van der Waals surface area contributed by atoms with Crippen molar-refractivity contribution in [3.8, 4) is 11.1 Å². The fourth-order valence-electron chi connectivity index (χ4n) is 5.76. The van der Waals surface area contributed by atoms with Crippen LogP contribution in [0.2, 0.25) is 0 Å². The fourth-order valence-corrected chi connectivity index (χ4v) is 5.76. The summed E-state index contributed by atoms with van der Waals surface area (Å²) in [6, 6.07) is 37.4. The van der Waals surface area contributed by atoms with Crippen molar-refractivity contribution in [3.05, 3.63) is 109 Å². The zero-order valence-electron chi connectivity index (χ0n) is 17.8. The Balaban J connectivity index is 1.51. The van der Waals surface area contributed by atoms with Gasteiger partial charge in [0.05, 0.1) is 22.1 Å². The Hall–Kier alpha value is -4.43. The maximum absolute atomic E-state index is 4.75. The van der Waals surface area contributed by atoms with Crippen LogP contribution in [-0.2, 0) is 0 Å². The molecule has 0 saturated carbocycles. The second kappa shape index (κ2) is 6.08. The third-order valence-corrected chi connectivity index (χ3v) is 7.15. The van der Waals surface area contributed by atoms with Crippen molar-refractivity contribution >= 4 is 59.8 Å². The van der Waals surface area contributed by atoms with E-state index < -0.39 is 0 Å². The lowest BCUT2D eigenvalue weighted by Crippen LogP contribution is -1.86. The highest BCUT2D eigenvalue weighted by Crippen LogP contribution is 2.41. The highest BCUT2D eigenvalue weighted by Gasteiger charge is 2.17. The van der Waals surface area contributed by atoms with Crippen molar-refractivity contribution in [1.82, 2.24) is 9.38 Å². The lowest BCUT2D eigenvalue weighted by atomic mass is 9.95. The minimum absolute atomic E-state index is 1.06. The average Bonchev–Trinajstić information content (AvgIpc) is 3.40. The molecule has 3 aromatic heterocycles. The molecule has 0 aliphatic heterocycles. The smallest absolute Gasteiger partial charge is 0.0786 e. The molecule has 8 rings (SSSR count). The molecule has 0 aliphatic rings. The Kier molecular flexibility index (Phi) is 3.16. The van der Waals surface area contributed by atoms with Gasteiger partial charge in [-0.3, -0.25) is 4.98 Å². The third-order valence-electron chi connectivity index (χ3n) is 7.15. The molecule has 0 radical (unpaired) electrons. The highest BCUT2D eigenvalue weighted by molar-refractivity contribution is 6.24.